The number of carbonyl (C=O) groups is 1. The van der Waals surface area contributed by atoms with Gasteiger partial charge in [-0.2, -0.15) is 13.2 Å². The van der Waals surface area contributed by atoms with E-state index in [9.17, 15) is 18.0 Å². The quantitative estimate of drug-likeness (QED) is 0.292. The standard InChI is InChI=1S/C29H27ClF3NO2/c30-16-6-13-28(35)34-23-10-4-9-21(17-23)24-11-5-12-25(24)26-18-22(29(31,32)33)14-15-27(26)36-19-20-7-2-1-3-8-20/h1-4,7-10,14-15,17-18H,5-6,11-13,16,19H2,(H,34,35). The van der Waals surface area contributed by atoms with Crippen LogP contribution >= 0.6 is 11.6 Å². The maximum atomic E-state index is 13.6. The van der Waals surface area contributed by atoms with Gasteiger partial charge in [0, 0.05) is 23.6 Å². The molecule has 1 amide bonds. The van der Waals surface area contributed by atoms with Gasteiger partial charge >= 0.3 is 6.18 Å². The fourth-order valence-electron chi connectivity index (χ4n) is 4.40. The van der Waals surface area contributed by atoms with Crippen LogP contribution in [-0.4, -0.2) is 11.8 Å². The number of ether oxygens (including phenoxy) is 1. The van der Waals surface area contributed by atoms with Gasteiger partial charge in [-0.05, 0) is 78.3 Å². The maximum absolute atomic E-state index is 13.6. The Bertz CT molecular complexity index is 1240. The van der Waals surface area contributed by atoms with E-state index < -0.39 is 11.7 Å². The number of halogens is 4. The number of amides is 1. The number of allylic oxidation sites excluding steroid dienone is 2. The molecule has 0 aromatic heterocycles. The van der Waals surface area contributed by atoms with E-state index in [1.807, 2.05) is 48.5 Å². The molecule has 0 saturated heterocycles. The lowest BCUT2D eigenvalue weighted by Gasteiger charge is -2.17. The minimum absolute atomic E-state index is 0.122. The number of benzene rings is 3. The molecule has 3 nitrogen and oxygen atoms in total. The van der Waals surface area contributed by atoms with Gasteiger partial charge in [-0.25, -0.2) is 0 Å². The Morgan fingerprint density at radius 3 is 2.47 bits per heavy atom. The summed E-state index contributed by atoms with van der Waals surface area (Å²) in [6.45, 7) is 0.256. The number of carbonyl (C=O) groups excluding carboxylic acids is 1. The van der Waals surface area contributed by atoms with Gasteiger partial charge in [0.15, 0.2) is 0 Å². The van der Waals surface area contributed by atoms with Crippen LogP contribution in [0.2, 0.25) is 0 Å². The zero-order valence-electron chi connectivity index (χ0n) is 19.7. The van der Waals surface area contributed by atoms with Crippen LogP contribution in [0.1, 0.15) is 54.4 Å². The fourth-order valence-corrected chi connectivity index (χ4v) is 4.53. The molecule has 1 aliphatic carbocycles. The molecule has 3 aromatic carbocycles. The van der Waals surface area contributed by atoms with E-state index in [0.29, 0.717) is 42.1 Å². The molecular formula is C29H27ClF3NO2. The SMILES string of the molecule is O=C(CCCCl)Nc1cccc(C2=C(c3cc(C(F)(F)F)ccc3OCc3ccccc3)CCC2)c1. The molecule has 188 valence electrons. The first-order chi connectivity index (χ1) is 17.3. The summed E-state index contributed by atoms with van der Waals surface area (Å²) in [5, 5.41) is 2.88. The number of hydrogen-bond acceptors (Lipinski definition) is 2. The largest absolute Gasteiger partial charge is 0.488 e. The molecule has 0 saturated carbocycles. The third-order valence-corrected chi connectivity index (χ3v) is 6.39. The molecule has 0 aliphatic heterocycles. The van der Waals surface area contributed by atoms with Gasteiger partial charge in [-0.3, -0.25) is 4.79 Å². The second-order valence-electron chi connectivity index (χ2n) is 8.72. The Labute approximate surface area is 213 Å². The van der Waals surface area contributed by atoms with Crippen LogP contribution in [0, 0.1) is 0 Å². The van der Waals surface area contributed by atoms with E-state index in [1.165, 1.54) is 12.1 Å². The van der Waals surface area contributed by atoms with Crippen LogP contribution in [0.25, 0.3) is 11.1 Å². The normalized spacial score (nSPS) is 13.7. The molecule has 1 aliphatic rings. The molecule has 0 fully saturated rings. The number of rotatable bonds is 9. The topological polar surface area (TPSA) is 38.3 Å². The first kappa shape index (κ1) is 25.8. The highest BCUT2D eigenvalue weighted by molar-refractivity contribution is 6.18. The summed E-state index contributed by atoms with van der Waals surface area (Å²) in [7, 11) is 0. The van der Waals surface area contributed by atoms with Crippen LogP contribution in [0.3, 0.4) is 0 Å². The molecule has 3 aromatic rings. The second kappa shape index (κ2) is 11.7. The molecule has 1 N–H and O–H groups in total. The minimum Gasteiger partial charge on any atom is -0.488 e. The average molecular weight is 514 g/mol. The average Bonchev–Trinajstić information content (AvgIpc) is 3.36. The van der Waals surface area contributed by atoms with E-state index >= 15 is 0 Å². The Kier molecular flexibility index (Phi) is 8.36. The van der Waals surface area contributed by atoms with Crippen molar-refractivity contribution in [3.63, 3.8) is 0 Å². The lowest BCUT2D eigenvalue weighted by atomic mass is 9.94. The number of hydrogen-bond donors (Lipinski definition) is 1. The number of nitrogens with one attached hydrogen (secondary N) is 1. The number of anilines is 1. The predicted octanol–water partition coefficient (Wildman–Crippen LogP) is 8.34. The van der Waals surface area contributed by atoms with Crippen molar-refractivity contribution in [3.8, 4) is 5.75 Å². The number of alkyl halides is 4. The van der Waals surface area contributed by atoms with E-state index in [-0.39, 0.29) is 12.5 Å². The van der Waals surface area contributed by atoms with Gasteiger partial charge in [0.2, 0.25) is 5.91 Å². The molecule has 4 rings (SSSR count). The van der Waals surface area contributed by atoms with Crippen molar-refractivity contribution < 1.29 is 22.7 Å². The van der Waals surface area contributed by atoms with Gasteiger partial charge in [-0.1, -0.05) is 42.5 Å². The third kappa shape index (κ3) is 6.49. The Morgan fingerprint density at radius 1 is 0.944 bits per heavy atom. The highest BCUT2D eigenvalue weighted by Crippen LogP contribution is 2.45. The molecular weight excluding hydrogens is 487 g/mol. The summed E-state index contributed by atoms with van der Waals surface area (Å²) in [6, 6.07) is 20.6. The smallest absolute Gasteiger partial charge is 0.416 e. The van der Waals surface area contributed by atoms with Crippen molar-refractivity contribution in [1.29, 1.82) is 0 Å². The van der Waals surface area contributed by atoms with Gasteiger partial charge in [0.25, 0.3) is 0 Å². The van der Waals surface area contributed by atoms with Crippen molar-refractivity contribution in [3.05, 3.63) is 95.1 Å². The molecule has 7 heteroatoms. The molecule has 0 atom stereocenters. The van der Waals surface area contributed by atoms with E-state index in [1.54, 1.807) is 6.07 Å². The van der Waals surface area contributed by atoms with E-state index in [4.69, 9.17) is 16.3 Å². The highest BCUT2D eigenvalue weighted by Gasteiger charge is 2.32. The Hall–Kier alpha value is -3.25. The molecule has 0 bridgehead atoms. The lowest BCUT2D eigenvalue weighted by Crippen LogP contribution is -2.11. The first-order valence-corrected chi connectivity index (χ1v) is 12.4. The monoisotopic (exact) mass is 513 g/mol. The highest BCUT2D eigenvalue weighted by atomic mass is 35.5. The van der Waals surface area contributed by atoms with Crippen LogP contribution in [0.4, 0.5) is 18.9 Å². The van der Waals surface area contributed by atoms with Crippen molar-refractivity contribution in [2.75, 3.05) is 11.2 Å². The zero-order chi connectivity index (χ0) is 25.5. The van der Waals surface area contributed by atoms with Crippen molar-refractivity contribution in [2.24, 2.45) is 0 Å². The van der Waals surface area contributed by atoms with Gasteiger partial charge in [-0.15, -0.1) is 11.6 Å². The zero-order valence-corrected chi connectivity index (χ0v) is 20.5. The molecule has 0 unspecified atom stereocenters. The van der Waals surface area contributed by atoms with Crippen LogP contribution in [0.5, 0.6) is 5.75 Å². The summed E-state index contributed by atoms with van der Waals surface area (Å²) >= 11 is 5.68. The summed E-state index contributed by atoms with van der Waals surface area (Å²) in [5.41, 5.74) is 4.03. The maximum Gasteiger partial charge on any atom is 0.416 e. The first-order valence-electron chi connectivity index (χ1n) is 11.9. The second-order valence-corrected chi connectivity index (χ2v) is 9.09. The predicted molar refractivity (Wildman–Crippen MR) is 138 cm³/mol. The van der Waals surface area contributed by atoms with Crippen molar-refractivity contribution in [1.82, 2.24) is 0 Å². The van der Waals surface area contributed by atoms with Crippen LogP contribution < -0.4 is 10.1 Å². The summed E-state index contributed by atoms with van der Waals surface area (Å²) < 4.78 is 46.9. The molecule has 0 radical (unpaired) electrons. The Morgan fingerprint density at radius 2 is 1.72 bits per heavy atom. The lowest BCUT2D eigenvalue weighted by molar-refractivity contribution is -0.137. The van der Waals surface area contributed by atoms with Gasteiger partial charge < -0.3 is 10.1 Å². The Balaban J connectivity index is 1.69. The van der Waals surface area contributed by atoms with Crippen molar-refractivity contribution >= 4 is 34.3 Å². The van der Waals surface area contributed by atoms with Gasteiger partial charge in [0.05, 0.1) is 5.56 Å². The van der Waals surface area contributed by atoms with Gasteiger partial charge in [0.1, 0.15) is 12.4 Å². The summed E-state index contributed by atoms with van der Waals surface area (Å²) in [4.78, 5) is 12.1. The molecule has 36 heavy (non-hydrogen) atoms. The van der Waals surface area contributed by atoms with E-state index in [0.717, 1.165) is 41.2 Å². The fraction of sp³-hybridized carbons (Fsp3) is 0.276. The summed E-state index contributed by atoms with van der Waals surface area (Å²) in [6.07, 6.45) is -1.35. The van der Waals surface area contributed by atoms with Crippen LogP contribution in [-0.2, 0) is 17.6 Å². The molecule has 0 heterocycles. The third-order valence-electron chi connectivity index (χ3n) is 6.12. The molecule has 0 spiro atoms. The van der Waals surface area contributed by atoms with Crippen molar-refractivity contribution in [2.45, 2.75) is 44.9 Å². The van der Waals surface area contributed by atoms with E-state index in [2.05, 4.69) is 5.32 Å². The minimum atomic E-state index is -4.46. The van der Waals surface area contributed by atoms with Crippen LogP contribution in [0.15, 0.2) is 72.8 Å². The summed E-state index contributed by atoms with van der Waals surface area (Å²) in [5.74, 6) is 0.713.